The van der Waals surface area contributed by atoms with Crippen molar-refractivity contribution in [3.8, 4) is 0 Å². The number of hydrogen-bond donors (Lipinski definition) is 0. The molecule has 0 aliphatic carbocycles. The van der Waals surface area contributed by atoms with Gasteiger partial charge in [-0.25, -0.2) is 8.78 Å². The first-order valence-electron chi connectivity index (χ1n) is 5.77. The number of alkyl halides is 2. The van der Waals surface area contributed by atoms with Crippen molar-refractivity contribution < 1.29 is 13.6 Å². The van der Waals surface area contributed by atoms with Gasteiger partial charge in [0.2, 0.25) is 12.3 Å². The van der Waals surface area contributed by atoms with Gasteiger partial charge in [0.15, 0.2) is 0 Å². The first kappa shape index (κ1) is 12.7. The molecule has 1 atom stereocenters. The molecule has 1 aromatic rings. The van der Waals surface area contributed by atoms with E-state index < -0.39 is 11.8 Å². The summed E-state index contributed by atoms with van der Waals surface area (Å²) >= 11 is 0. The Morgan fingerprint density at radius 3 is 2.50 bits per heavy atom. The van der Waals surface area contributed by atoms with Crippen LogP contribution in [-0.4, -0.2) is 23.8 Å². The van der Waals surface area contributed by atoms with E-state index in [1.807, 2.05) is 30.3 Å². The van der Waals surface area contributed by atoms with E-state index in [0.717, 1.165) is 5.56 Å². The van der Waals surface area contributed by atoms with Gasteiger partial charge in [-0.1, -0.05) is 43.8 Å². The molecule has 0 unspecified atom stereocenters. The van der Waals surface area contributed by atoms with Crippen molar-refractivity contribution in [1.82, 2.24) is 4.90 Å². The van der Waals surface area contributed by atoms with Gasteiger partial charge in [0.1, 0.15) is 0 Å². The van der Waals surface area contributed by atoms with E-state index in [0.29, 0.717) is 5.70 Å². The highest BCUT2D eigenvalue weighted by molar-refractivity contribution is 5.88. The second-order valence-electron chi connectivity index (χ2n) is 4.92. The number of amides is 1. The minimum Gasteiger partial charge on any atom is -0.312 e. The lowest BCUT2D eigenvalue weighted by Gasteiger charge is -2.24. The first-order chi connectivity index (χ1) is 8.44. The van der Waals surface area contributed by atoms with Gasteiger partial charge in [0.25, 0.3) is 0 Å². The van der Waals surface area contributed by atoms with Crippen LogP contribution in [0.5, 0.6) is 0 Å². The Balaban J connectivity index is 2.21. The summed E-state index contributed by atoms with van der Waals surface area (Å²) in [4.78, 5) is 13.2. The summed E-state index contributed by atoms with van der Waals surface area (Å²) in [5.41, 5.74) is 0.00349. The van der Waals surface area contributed by atoms with Crippen molar-refractivity contribution >= 4 is 11.6 Å². The van der Waals surface area contributed by atoms with Gasteiger partial charge in [-0.05, 0) is 5.56 Å². The fraction of sp³-hybridized carbons (Fsp3) is 0.357. The summed E-state index contributed by atoms with van der Waals surface area (Å²) < 4.78 is 25.9. The minimum atomic E-state index is -2.50. The molecular weight excluding hydrogens is 236 g/mol. The third-order valence-corrected chi connectivity index (χ3v) is 3.34. The average molecular weight is 251 g/mol. The molecule has 1 aromatic carbocycles. The molecule has 1 heterocycles. The second-order valence-corrected chi connectivity index (χ2v) is 4.92. The Morgan fingerprint density at radius 1 is 1.39 bits per heavy atom. The van der Waals surface area contributed by atoms with Crippen LogP contribution in [0, 0.1) is 5.41 Å². The van der Waals surface area contributed by atoms with Crippen LogP contribution < -0.4 is 0 Å². The third-order valence-electron chi connectivity index (χ3n) is 3.34. The van der Waals surface area contributed by atoms with E-state index >= 15 is 0 Å². The highest BCUT2D eigenvalue weighted by Crippen LogP contribution is 2.39. The number of hydrogen-bond acceptors (Lipinski definition) is 1. The van der Waals surface area contributed by atoms with Crippen LogP contribution in [0.1, 0.15) is 18.9 Å². The molecule has 0 aromatic heterocycles. The molecule has 1 amide bonds. The Morgan fingerprint density at radius 2 is 2.00 bits per heavy atom. The lowest BCUT2D eigenvalue weighted by molar-refractivity contribution is -0.125. The molecule has 18 heavy (non-hydrogen) atoms. The van der Waals surface area contributed by atoms with E-state index in [1.54, 1.807) is 0 Å². The predicted molar refractivity (Wildman–Crippen MR) is 65.9 cm³/mol. The normalized spacial score (nSPS) is 23.8. The average Bonchev–Trinajstić information content (AvgIpc) is 2.66. The van der Waals surface area contributed by atoms with Crippen molar-refractivity contribution in [2.24, 2.45) is 5.41 Å². The molecule has 0 bridgehead atoms. The number of rotatable bonds is 3. The minimum absolute atomic E-state index is 0.0250. The first-order valence-corrected chi connectivity index (χ1v) is 5.77. The maximum Gasteiger partial charge on any atom is 0.246 e. The van der Waals surface area contributed by atoms with E-state index in [4.69, 9.17) is 0 Å². The van der Waals surface area contributed by atoms with Gasteiger partial charge in [0.05, 0.1) is 5.41 Å². The van der Waals surface area contributed by atoms with Crippen LogP contribution in [0.2, 0.25) is 0 Å². The lowest BCUT2D eigenvalue weighted by Crippen LogP contribution is -2.30. The fourth-order valence-electron chi connectivity index (χ4n) is 2.12. The lowest BCUT2D eigenvalue weighted by atomic mass is 9.90. The van der Waals surface area contributed by atoms with Crippen molar-refractivity contribution in [1.29, 1.82) is 0 Å². The summed E-state index contributed by atoms with van der Waals surface area (Å²) in [6, 6.07) is 9.13. The molecule has 1 saturated heterocycles. The smallest absolute Gasteiger partial charge is 0.246 e. The molecule has 0 saturated carbocycles. The van der Waals surface area contributed by atoms with Crippen molar-refractivity contribution in [2.75, 3.05) is 6.54 Å². The van der Waals surface area contributed by atoms with E-state index in [1.165, 1.54) is 11.8 Å². The summed E-state index contributed by atoms with van der Waals surface area (Å²) in [5.74, 6) is -0.286. The van der Waals surface area contributed by atoms with Crippen LogP contribution in [0.25, 0.3) is 5.70 Å². The van der Waals surface area contributed by atoms with Gasteiger partial charge in [-0.2, -0.15) is 0 Å². The zero-order valence-corrected chi connectivity index (χ0v) is 10.2. The van der Waals surface area contributed by atoms with E-state index in [2.05, 4.69) is 6.58 Å². The number of benzene rings is 1. The number of nitrogens with zero attached hydrogens (tertiary/aromatic N) is 1. The molecule has 0 N–H and O–H groups in total. The predicted octanol–water partition coefficient (Wildman–Crippen LogP) is 3.16. The Kier molecular flexibility index (Phi) is 3.20. The molecular formula is C14H15F2NO. The zero-order chi connectivity index (χ0) is 13.3. The fourth-order valence-corrected chi connectivity index (χ4v) is 2.12. The highest BCUT2D eigenvalue weighted by atomic mass is 19.3. The van der Waals surface area contributed by atoms with Crippen LogP contribution in [-0.2, 0) is 4.79 Å². The van der Waals surface area contributed by atoms with Crippen molar-refractivity contribution in [3.63, 3.8) is 0 Å². The molecule has 1 aliphatic heterocycles. The summed E-state index contributed by atoms with van der Waals surface area (Å²) in [6.45, 7) is 5.31. The van der Waals surface area contributed by atoms with E-state index in [9.17, 15) is 13.6 Å². The third kappa shape index (κ3) is 2.15. The standard InChI is InChI=1S/C14H15F2NO/c1-10(11-6-4-3-5-7-11)17-9-14(2,13(15)16)8-12(17)18/h3-7,13H,1,8-9H2,2H3/t14-/m0/s1. The van der Waals surface area contributed by atoms with Crippen LogP contribution in [0.3, 0.4) is 0 Å². The summed E-state index contributed by atoms with van der Waals surface area (Å²) in [7, 11) is 0. The molecule has 4 heteroatoms. The molecule has 2 rings (SSSR count). The van der Waals surface area contributed by atoms with Crippen molar-refractivity contribution in [3.05, 3.63) is 42.5 Å². The van der Waals surface area contributed by atoms with Gasteiger partial charge < -0.3 is 4.90 Å². The monoisotopic (exact) mass is 251 g/mol. The van der Waals surface area contributed by atoms with Gasteiger partial charge in [-0.3, -0.25) is 4.79 Å². The Hall–Kier alpha value is -1.71. The molecule has 1 aliphatic rings. The van der Waals surface area contributed by atoms with E-state index in [-0.39, 0.29) is 18.9 Å². The number of carbonyl (C=O) groups is 1. The molecule has 0 radical (unpaired) electrons. The number of carbonyl (C=O) groups excluding carboxylic acids is 1. The highest BCUT2D eigenvalue weighted by Gasteiger charge is 2.46. The molecule has 1 fully saturated rings. The molecule has 2 nitrogen and oxygen atoms in total. The quantitative estimate of drug-likeness (QED) is 0.808. The largest absolute Gasteiger partial charge is 0.312 e. The maximum atomic E-state index is 12.9. The maximum absolute atomic E-state index is 12.9. The Labute approximate surface area is 105 Å². The second kappa shape index (κ2) is 4.52. The van der Waals surface area contributed by atoms with Crippen LogP contribution in [0.4, 0.5) is 8.78 Å². The van der Waals surface area contributed by atoms with Gasteiger partial charge in [-0.15, -0.1) is 0 Å². The number of halogens is 2. The summed E-state index contributed by atoms with van der Waals surface area (Å²) in [6.07, 6.45) is -2.63. The Bertz CT molecular complexity index is 472. The topological polar surface area (TPSA) is 20.3 Å². The van der Waals surface area contributed by atoms with Crippen LogP contribution in [0.15, 0.2) is 36.9 Å². The van der Waals surface area contributed by atoms with Gasteiger partial charge >= 0.3 is 0 Å². The summed E-state index contributed by atoms with van der Waals surface area (Å²) in [5, 5.41) is 0. The van der Waals surface area contributed by atoms with Crippen molar-refractivity contribution in [2.45, 2.75) is 19.8 Å². The van der Waals surface area contributed by atoms with Crippen LogP contribution >= 0.6 is 0 Å². The zero-order valence-electron chi connectivity index (χ0n) is 10.2. The molecule has 96 valence electrons. The molecule has 0 spiro atoms. The SMILES string of the molecule is C=C(c1ccccc1)N1C[C@@](C)(C(F)F)CC1=O. The van der Waals surface area contributed by atoms with Gasteiger partial charge in [0, 0.05) is 18.7 Å². The number of likely N-dealkylation sites (tertiary alicyclic amines) is 1.